The molecule has 1 saturated carbocycles. The van der Waals surface area contributed by atoms with Gasteiger partial charge >= 0.3 is 0 Å². The molecule has 0 bridgehead atoms. The van der Waals surface area contributed by atoms with E-state index in [1.165, 1.54) is 18.4 Å². The number of benzene rings is 2. The third-order valence-corrected chi connectivity index (χ3v) is 6.20. The van der Waals surface area contributed by atoms with Crippen LogP contribution in [0, 0.1) is 17.6 Å². The van der Waals surface area contributed by atoms with Crippen LogP contribution in [0.4, 0.5) is 8.78 Å². The number of halogens is 2. The first-order valence-corrected chi connectivity index (χ1v) is 10.8. The predicted octanol–water partition coefficient (Wildman–Crippen LogP) is 8.21. The van der Waals surface area contributed by atoms with Gasteiger partial charge in [-0.25, -0.2) is 8.78 Å². The Morgan fingerprint density at radius 3 is 2.29 bits per heavy atom. The summed E-state index contributed by atoms with van der Waals surface area (Å²) in [6, 6.07) is 11.4. The lowest BCUT2D eigenvalue weighted by Crippen LogP contribution is -2.14. The molecule has 2 aromatic carbocycles. The number of rotatable bonds is 7. The Kier molecular flexibility index (Phi) is 7.42. The normalized spacial score (nSPS) is 20.0. The summed E-state index contributed by atoms with van der Waals surface area (Å²) < 4.78 is 29.7. The minimum absolute atomic E-state index is 0.158. The molecule has 2 aromatic rings. The highest BCUT2D eigenvalue weighted by Gasteiger charge is 2.26. The molecule has 0 spiro atoms. The molecule has 0 radical (unpaired) electrons. The van der Waals surface area contributed by atoms with Crippen LogP contribution in [-0.2, 0) is 6.42 Å². The van der Waals surface area contributed by atoms with Crippen molar-refractivity contribution in [1.82, 2.24) is 0 Å². The molecular weight excluding hydrogens is 350 g/mol. The van der Waals surface area contributed by atoms with Gasteiger partial charge in [0.1, 0.15) is 0 Å². The van der Waals surface area contributed by atoms with E-state index in [4.69, 9.17) is 0 Å². The van der Waals surface area contributed by atoms with Crippen molar-refractivity contribution in [2.45, 2.75) is 71.1 Å². The summed E-state index contributed by atoms with van der Waals surface area (Å²) >= 11 is 0. The van der Waals surface area contributed by atoms with Gasteiger partial charge in [-0.2, -0.15) is 0 Å². The zero-order valence-electron chi connectivity index (χ0n) is 17.2. The molecule has 1 aliphatic rings. The van der Waals surface area contributed by atoms with Gasteiger partial charge in [0, 0.05) is 5.56 Å². The maximum Gasteiger partial charge on any atom is 0.166 e. The van der Waals surface area contributed by atoms with Crippen molar-refractivity contribution in [1.29, 1.82) is 0 Å². The molecule has 2 heteroatoms. The molecule has 0 amide bonds. The molecule has 0 aliphatic heterocycles. The van der Waals surface area contributed by atoms with Crippen molar-refractivity contribution in [3.05, 3.63) is 71.3 Å². The van der Waals surface area contributed by atoms with Crippen LogP contribution in [0.3, 0.4) is 0 Å². The topological polar surface area (TPSA) is 0 Å². The van der Waals surface area contributed by atoms with Gasteiger partial charge in [-0.05, 0) is 74.0 Å². The van der Waals surface area contributed by atoms with Crippen LogP contribution >= 0.6 is 0 Å². The third-order valence-electron chi connectivity index (χ3n) is 6.20. The second-order valence-corrected chi connectivity index (χ2v) is 8.14. The van der Waals surface area contributed by atoms with Crippen molar-refractivity contribution >= 4 is 0 Å². The molecule has 0 unspecified atom stereocenters. The summed E-state index contributed by atoms with van der Waals surface area (Å²) in [6.07, 6.45) is 12.8. The largest absolute Gasteiger partial charge is 0.203 e. The highest BCUT2D eigenvalue weighted by Crippen LogP contribution is 2.40. The second-order valence-electron chi connectivity index (χ2n) is 8.14. The first-order valence-electron chi connectivity index (χ1n) is 10.8. The fourth-order valence-corrected chi connectivity index (χ4v) is 4.54. The molecule has 150 valence electrons. The van der Waals surface area contributed by atoms with E-state index in [0.29, 0.717) is 11.1 Å². The maximum absolute atomic E-state index is 14.9. The lowest BCUT2D eigenvalue weighted by Gasteiger charge is -2.29. The second kappa shape index (κ2) is 10.0. The third kappa shape index (κ3) is 4.90. The zero-order valence-corrected chi connectivity index (χ0v) is 17.2. The molecular formula is C26H32F2. The quantitative estimate of drug-likeness (QED) is 0.423. The lowest BCUT2D eigenvalue weighted by molar-refractivity contribution is 0.303. The summed E-state index contributed by atoms with van der Waals surface area (Å²) in [5, 5.41) is 0. The molecule has 0 N–H and O–H groups in total. The lowest BCUT2D eigenvalue weighted by atomic mass is 9.77. The standard InChI is InChI=1S/C26H32F2/c1-3-5-6-8-20-11-15-22(16-12-20)24-18-17-23(25(27)26(24)28)21-13-9-19(7-4-2)10-14-21/h3,5,11-12,15-19,21H,4,6-10,13-14H2,1-2H3/b5-3+. The molecule has 1 fully saturated rings. The molecule has 28 heavy (non-hydrogen) atoms. The van der Waals surface area contributed by atoms with Crippen LogP contribution < -0.4 is 0 Å². The van der Waals surface area contributed by atoms with Crippen LogP contribution in [0.15, 0.2) is 48.6 Å². The molecule has 0 saturated heterocycles. The smallest absolute Gasteiger partial charge is 0.166 e. The van der Waals surface area contributed by atoms with Gasteiger partial charge in [0.15, 0.2) is 11.6 Å². The van der Waals surface area contributed by atoms with Crippen molar-refractivity contribution in [2.24, 2.45) is 5.92 Å². The minimum atomic E-state index is -0.699. The molecule has 3 rings (SSSR count). The highest BCUT2D eigenvalue weighted by atomic mass is 19.2. The minimum Gasteiger partial charge on any atom is -0.203 e. The van der Waals surface area contributed by atoms with Crippen LogP contribution in [0.2, 0.25) is 0 Å². The van der Waals surface area contributed by atoms with Crippen LogP contribution in [0.1, 0.15) is 75.8 Å². The van der Waals surface area contributed by atoms with Crippen LogP contribution in [-0.4, -0.2) is 0 Å². The Balaban J connectivity index is 1.73. The van der Waals surface area contributed by atoms with E-state index >= 15 is 0 Å². The average molecular weight is 383 g/mol. The fourth-order valence-electron chi connectivity index (χ4n) is 4.54. The van der Waals surface area contributed by atoms with Gasteiger partial charge in [0.05, 0.1) is 0 Å². The van der Waals surface area contributed by atoms with Crippen molar-refractivity contribution in [3.8, 4) is 11.1 Å². The Morgan fingerprint density at radius 1 is 0.929 bits per heavy atom. The van der Waals surface area contributed by atoms with E-state index < -0.39 is 11.6 Å². The van der Waals surface area contributed by atoms with E-state index in [1.807, 2.05) is 43.3 Å². The van der Waals surface area contributed by atoms with Gasteiger partial charge in [-0.15, -0.1) is 0 Å². The maximum atomic E-state index is 14.9. The van der Waals surface area contributed by atoms with E-state index in [9.17, 15) is 8.78 Å². The van der Waals surface area contributed by atoms with Crippen molar-refractivity contribution < 1.29 is 8.78 Å². The summed E-state index contributed by atoms with van der Waals surface area (Å²) in [5.74, 6) is -0.422. The van der Waals surface area contributed by atoms with Crippen LogP contribution in [0.5, 0.6) is 0 Å². The molecule has 0 heterocycles. The summed E-state index contributed by atoms with van der Waals surface area (Å²) in [4.78, 5) is 0. The fraction of sp³-hybridized carbons (Fsp3) is 0.462. The molecule has 0 nitrogen and oxygen atoms in total. The molecule has 0 aromatic heterocycles. The average Bonchev–Trinajstić information content (AvgIpc) is 2.72. The van der Waals surface area contributed by atoms with Crippen molar-refractivity contribution in [3.63, 3.8) is 0 Å². The van der Waals surface area contributed by atoms with Gasteiger partial charge in [-0.1, -0.05) is 68.3 Å². The van der Waals surface area contributed by atoms with E-state index in [2.05, 4.69) is 13.0 Å². The number of allylic oxidation sites excluding steroid dienone is 2. The summed E-state index contributed by atoms with van der Waals surface area (Å²) in [6.45, 7) is 4.23. The number of hydrogen-bond donors (Lipinski definition) is 0. The van der Waals surface area contributed by atoms with Gasteiger partial charge < -0.3 is 0 Å². The molecule has 1 aliphatic carbocycles. The zero-order chi connectivity index (χ0) is 19.9. The first-order chi connectivity index (χ1) is 13.6. The highest BCUT2D eigenvalue weighted by molar-refractivity contribution is 5.65. The monoisotopic (exact) mass is 382 g/mol. The van der Waals surface area contributed by atoms with Gasteiger partial charge in [0.25, 0.3) is 0 Å². The Labute approximate surface area is 168 Å². The van der Waals surface area contributed by atoms with Crippen molar-refractivity contribution in [2.75, 3.05) is 0 Å². The van der Waals surface area contributed by atoms with E-state index in [0.717, 1.165) is 50.0 Å². The first kappa shape index (κ1) is 20.8. The predicted molar refractivity (Wildman–Crippen MR) is 115 cm³/mol. The number of hydrogen-bond acceptors (Lipinski definition) is 0. The van der Waals surface area contributed by atoms with Crippen LogP contribution in [0.25, 0.3) is 11.1 Å². The van der Waals surface area contributed by atoms with Gasteiger partial charge in [-0.3, -0.25) is 0 Å². The SMILES string of the molecule is C/C=C/CCc1ccc(-c2ccc(C3CCC(CCC)CC3)c(F)c2F)cc1. The van der Waals surface area contributed by atoms with Gasteiger partial charge in [0.2, 0.25) is 0 Å². The Bertz CT molecular complexity index is 781. The Hall–Kier alpha value is -1.96. The van der Waals surface area contributed by atoms with E-state index in [-0.39, 0.29) is 5.92 Å². The number of aryl methyl sites for hydroxylation is 1. The van der Waals surface area contributed by atoms with E-state index in [1.54, 1.807) is 6.07 Å². The summed E-state index contributed by atoms with van der Waals surface area (Å²) in [5.41, 5.74) is 2.88. The summed E-state index contributed by atoms with van der Waals surface area (Å²) in [7, 11) is 0. The Morgan fingerprint density at radius 2 is 1.64 bits per heavy atom. The molecule has 0 atom stereocenters.